The molecule has 2 aromatic heterocycles. The minimum absolute atomic E-state index is 0.00743. The number of aliphatic imine (C=N–C) groups is 1. The molecule has 0 atom stereocenters. The molecule has 7 heteroatoms. The van der Waals surface area contributed by atoms with E-state index in [0.29, 0.717) is 28.6 Å². The number of nitrogens with zero attached hydrogens (tertiary/aromatic N) is 5. The molecule has 0 aliphatic heterocycles. The van der Waals surface area contributed by atoms with Crippen LogP contribution in [0.3, 0.4) is 0 Å². The van der Waals surface area contributed by atoms with E-state index in [9.17, 15) is 10.1 Å². The van der Waals surface area contributed by atoms with Gasteiger partial charge in [-0.3, -0.25) is 4.99 Å². The summed E-state index contributed by atoms with van der Waals surface area (Å²) in [5, 5.41) is 18.2. The summed E-state index contributed by atoms with van der Waals surface area (Å²) in [7, 11) is 0. The first-order valence-electron chi connectivity index (χ1n) is 8.20. The van der Waals surface area contributed by atoms with Crippen LogP contribution >= 0.6 is 0 Å². The van der Waals surface area contributed by atoms with Crippen LogP contribution in [-0.2, 0) is 6.42 Å². The van der Waals surface area contributed by atoms with E-state index in [1.807, 2.05) is 36.4 Å². The van der Waals surface area contributed by atoms with Crippen molar-refractivity contribution in [2.45, 2.75) is 6.42 Å². The predicted octanol–water partition coefficient (Wildman–Crippen LogP) is 3.19. The summed E-state index contributed by atoms with van der Waals surface area (Å²) in [5.41, 5.74) is 1.74. The average molecular weight is 355 g/mol. The highest BCUT2D eigenvalue weighted by Gasteiger charge is 2.14. The van der Waals surface area contributed by atoms with E-state index >= 15 is 0 Å². The van der Waals surface area contributed by atoms with Crippen molar-refractivity contribution < 1.29 is 4.42 Å². The van der Waals surface area contributed by atoms with Gasteiger partial charge in [-0.05, 0) is 29.8 Å². The fraction of sp³-hybridized carbons (Fsp3) is 0.0500. The smallest absolute Gasteiger partial charge is 0.354 e. The van der Waals surface area contributed by atoms with Crippen LogP contribution in [0.1, 0.15) is 11.1 Å². The first-order chi connectivity index (χ1) is 13.3. The van der Waals surface area contributed by atoms with Gasteiger partial charge in [0.2, 0.25) is 0 Å². The van der Waals surface area contributed by atoms with Crippen molar-refractivity contribution in [1.82, 2.24) is 15.0 Å². The Morgan fingerprint density at radius 1 is 1.15 bits per heavy atom. The second kappa shape index (κ2) is 7.06. The number of benzene rings is 2. The van der Waals surface area contributed by atoms with Crippen molar-refractivity contribution in [2.24, 2.45) is 4.99 Å². The number of rotatable bonds is 4. The van der Waals surface area contributed by atoms with Crippen molar-refractivity contribution in [3.8, 4) is 11.8 Å². The van der Waals surface area contributed by atoms with Crippen LogP contribution in [0.4, 0.5) is 5.69 Å². The number of aromatic nitrogens is 3. The summed E-state index contributed by atoms with van der Waals surface area (Å²) in [5.74, 6) is 0. The lowest BCUT2D eigenvalue weighted by Gasteiger charge is -2.07. The summed E-state index contributed by atoms with van der Waals surface area (Å²) in [6.45, 7) is 0. The van der Waals surface area contributed by atoms with Crippen molar-refractivity contribution >= 4 is 22.9 Å². The zero-order valence-corrected chi connectivity index (χ0v) is 14.1. The molecule has 4 rings (SSSR count). The molecule has 0 unspecified atom stereocenters. The minimum atomic E-state index is -0.668. The summed E-state index contributed by atoms with van der Waals surface area (Å²) < 4.78 is 5.34. The largest absolute Gasteiger partial charge is 0.422 e. The Morgan fingerprint density at radius 3 is 2.67 bits per heavy atom. The van der Waals surface area contributed by atoms with E-state index in [4.69, 9.17) is 4.42 Å². The highest BCUT2D eigenvalue weighted by Crippen LogP contribution is 2.23. The molecular weight excluding hydrogens is 342 g/mol. The summed E-state index contributed by atoms with van der Waals surface area (Å²) in [4.78, 5) is 18.0. The van der Waals surface area contributed by atoms with Gasteiger partial charge < -0.3 is 4.42 Å². The quantitative estimate of drug-likeness (QED) is 0.414. The van der Waals surface area contributed by atoms with Crippen LogP contribution in [0.2, 0.25) is 0 Å². The highest BCUT2D eigenvalue weighted by molar-refractivity contribution is 5.86. The van der Waals surface area contributed by atoms with Gasteiger partial charge in [0.05, 0.1) is 23.8 Å². The third-order valence-electron chi connectivity index (χ3n) is 4.05. The van der Waals surface area contributed by atoms with Gasteiger partial charge in [0, 0.05) is 24.1 Å². The molecule has 2 aromatic carbocycles. The molecule has 27 heavy (non-hydrogen) atoms. The van der Waals surface area contributed by atoms with Gasteiger partial charge in [-0.15, -0.1) is 0 Å². The first-order valence-corrected chi connectivity index (χ1v) is 8.20. The second-order valence-corrected chi connectivity index (χ2v) is 5.71. The van der Waals surface area contributed by atoms with E-state index in [1.54, 1.807) is 36.8 Å². The molecule has 0 aliphatic carbocycles. The molecule has 0 bridgehead atoms. The summed E-state index contributed by atoms with van der Waals surface area (Å²) in [6.07, 6.45) is 5.14. The number of hydrogen-bond donors (Lipinski definition) is 0. The maximum absolute atomic E-state index is 12.2. The Labute approximate surface area is 153 Å². The molecule has 7 nitrogen and oxygen atoms in total. The lowest BCUT2D eigenvalue weighted by molar-refractivity contribution is 0.556. The molecule has 0 spiro atoms. The molecule has 4 aromatic rings. The van der Waals surface area contributed by atoms with Gasteiger partial charge in [0.25, 0.3) is 0 Å². The molecule has 0 fully saturated rings. The van der Waals surface area contributed by atoms with Crippen LogP contribution in [0.15, 0.2) is 75.1 Å². The van der Waals surface area contributed by atoms with Gasteiger partial charge in [0.1, 0.15) is 17.2 Å². The maximum atomic E-state index is 12.2. The monoisotopic (exact) mass is 355 g/mol. The molecule has 0 saturated heterocycles. The van der Waals surface area contributed by atoms with Gasteiger partial charge in [-0.2, -0.15) is 20.3 Å². The normalized spacial score (nSPS) is 11.1. The van der Waals surface area contributed by atoms with Crippen LogP contribution < -0.4 is 5.63 Å². The Bertz CT molecular complexity index is 1220. The number of para-hydroxylation sites is 1. The molecule has 2 heterocycles. The lowest BCUT2D eigenvalue weighted by Crippen LogP contribution is -2.10. The Hall–Kier alpha value is -4.05. The number of nitriles is 1. The van der Waals surface area contributed by atoms with Gasteiger partial charge in [0.15, 0.2) is 0 Å². The molecule has 0 aliphatic rings. The van der Waals surface area contributed by atoms with Crippen LogP contribution in [0.25, 0.3) is 16.7 Å². The standard InChI is InChI=1S/C20H13N5O2/c21-13-18-16(8-9-22-14-4-2-1-3-5-14)17-7-6-15(25-23-10-11-24-25)12-19(17)27-20(18)26/h1-7,9-12H,8H2. The SMILES string of the molecule is N#Cc1c(CC=Nc2ccccc2)c2ccc(-n3nccn3)cc2oc1=O. The van der Waals surface area contributed by atoms with Crippen LogP contribution in [0.5, 0.6) is 0 Å². The predicted molar refractivity (Wildman–Crippen MR) is 100 cm³/mol. The van der Waals surface area contributed by atoms with Crippen molar-refractivity contribution in [3.05, 3.63) is 82.5 Å². The van der Waals surface area contributed by atoms with Crippen molar-refractivity contribution in [1.29, 1.82) is 5.26 Å². The zero-order chi connectivity index (χ0) is 18.6. The Balaban J connectivity index is 1.79. The third kappa shape index (κ3) is 3.24. The molecular formula is C20H13N5O2. The van der Waals surface area contributed by atoms with Crippen molar-refractivity contribution in [2.75, 3.05) is 0 Å². The molecule has 0 N–H and O–H groups in total. The second-order valence-electron chi connectivity index (χ2n) is 5.71. The van der Waals surface area contributed by atoms with E-state index in [-0.39, 0.29) is 5.56 Å². The maximum Gasteiger partial charge on any atom is 0.354 e. The lowest BCUT2D eigenvalue weighted by atomic mass is 10.0. The number of hydrogen-bond acceptors (Lipinski definition) is 6. The highest BCUT2D eigenvalue weighted by atomic mass is 16.4. The number of fused-ring (bicyclic) bond motifs is 1. The van der Waals surface area contributed by atoms with Crippen molar-refractivity contribution in [3.63, 3.8) is 0 Å². The topological polar surface area (TPSA) is 97.1 Å². The summed E-state index contributed by atoms with van der Waals surface area (Å²) >= 11 is 0. The van der Waals surface area contributed by atoms with E-state index in [2.05, 4.69) is 15.2 Å². The fourth-order valence-corrected chi connectivity index (χ4v) is 2.81. The van der Waals surface area contributed by atoms with E-state index in [1.165, 1.54) is 4.80 Å². The first kappa shape index (κ1) is 16.4. The molecule has 130 valence electrons. The summed E-state index contributed by atoms with van der Waals surface area (Å²) in [6, 6.07) is 16.7. The Kier molecular flexibility index (Phi) is 4.29. The van der Waals surface area contributed by atoms with E-state index < -0.39 is 5.63 Å². The average Bonchev–Trinajstić information content (AvgIpc) is 3.23. The molecule has 0 amide bonds. The van der Waals surface area contributed by atoms with Crippen LogP contribution in [-0.4, -0.2) is 21.2 Å². The van der Waals surface area contributed by atoms with E-state index in [0.717, 1.165) is 5.69 Å². The minimum Gasteiger partial charge on any atom is -0.422 e. The Morgan fingerprint density at radius 2 is 1.93 bits per heavy atom. The van der Waals surface area contributed by atoms with Gasteiger partial charge >= 0.3 is 5.63 Å². The van der Waals surface area contributed by atoms with Gasteiger partial charge in [-0.1, -0.05) is 18.2 Å². The molecule has 0 saturated carbocycles. The zero-order valence-electron chi connectivity index (χ0n) is 14.1. The van der Waals surface area contributed by atoms with Gasteiger partial charge in [-0.25, -0.2) is 4.79 Å². The fourth-order valence-electron chi connectivity index (χ4n) is 2.81. The third-order valence-corrected chi connectivity index (χ3v) is 4.05. The van der Waals surface area contributed by atoms with Crippen LogP contribution in [0, 0.1) is 11.3 Å². The molecule has 0 radical (unpaired) electrons.